The second-order valence-electron chi connectivity index (χ2n) is 7.44. The fourth-order valence-corrected chi connectivity index (χ4v) is 3.99. The Morgan fingerprint density at radius 2 is 1.72 bits per heavy atom. The zero-order valence-electron chi connectivity index (χ0n) is 17.3. The van der Waals surface area contributed by atoms with Gasteiger partial charge in [0.15, 0.2) is 17.1 Å². The van der Waals surface area contributed by atoms with E-state index in [1.165, 1.54) is 29.2 Å². The Balaban J connectivity index is 1.70. The third-order valence-corrected chi connectivity index (χ3v) is 5.70. The Labute approximate surface area is 182 Å². The van der Waals surface area contributed by atoms with Gasteiger partial charge in [0.1, 0.15) is 0 Å². The molecular formula is C22H20N4O6. The fraction of sp³-hybridized carbons (Fsp3) is 0.227. The molecule has 0 spiro atoms. The van der Waals surface area contributed by atoms with Gasteiger partial charge in [-0.15, -0.1) is 10.2 Å². The van der Waals surface area contributed by atoms with Gasteiger partial charge in [-0.25, -0.2) is 5.21 Å². The van der Waals surface area contributed by atoms with E-state index < -0.39 is 28.6 Å². The second kappa shape index (κ2) is 8.08. The summed E-state index contributed by atoms with van der Waals surface area (Å²) < 4.78 is 0. The molecule has 10 nitrogen and oxygen atoms in total. The summed E-state index contributed by atoms with van der Waals surface area (Å²) in [7, 11) is 0. The van der Waals surface area contributed by atoms with Crippen molar-refractivity contribution >= 4 is 34.7 Å². The Morgan fingerprint density at radius 1 is 1.00 bits per heavy atom. The van der Waals surface area contributed by atoms with E-state index in [0.717, 1.165) is 6.07 Å². The molecule has 4 rings (SSSR count). The van der Waals surface area contributed by atoms with Crippen LogP contribution in [0.25, 0.3) is 5.76 Å². The molecule has 0 aromatic heterocycles. The molecule has 0 radical (unpaired) electrons. The second-order valence-corrected chi connectivity index (χ2v) is 7.44. The first kappa shape index (κ1) is 21.5. The van der Waals surface area contributed by atoms with Gasteiger partial charge in [0.25, 0.3) is 11.8 Å². The van der Waals surface area contributed by atoms with Crippen molar-refractivity contribution < 1.29 is 29.9 Å². The minimum Gasteiger partial charge on any atom is -0.595 e. The molecule has 0 bridgehead atoms. The fourth-order valence-electron chi connectivity index (χ4n) is 3.99. The van der Waals surface area contributed by atoms with Crippen LogP contribution < -0.4 is 5.23 Å². The van der Waals surface area contributed by atoms with Gasteiger partial charge in [-0.3, -0.25) is 19.3 Å². The molecule has 1 aliphatic carbocycles. The highest BCUT2D eigenvalue weighted by molar-refractivity contribution is 6.23. The van der Waals surface area contributed by atoms with Gasteiger partial charge in [0, 0.05) is 29.3 Å². The van der Waals surface area contributed by atoms with Crippen molar-refractivity contribution in [2.45, 2.75) is 32.7 Å². The van der Waals surface area contributed by atoms with Gasteiger partial charge >= 0.3 is 0 Å². The third-order valence-electron chi connectivity index (χ3n) is 5.70. The standard InChI is InChI=1S/C22H20N4O6/c1-3-11(4-2)25-21(29)14-6-5-7-16(17(14)22(25)30)23-24-18-19(27)13-9-8-12(26(31)32)10-15(13)20(18)28/h5-11,26-27,31H,3-4H2,1-2H3. The number of Topliss-reactive ketones (excluding diaryl/α,β-unsaturated/α-hetero) is 1. The van der Waals surface area contributed by atoms with Gasteiger partial charge in [0.2, 0.25) is 5.78 Å². The topological polar surface area (TPSA) is 147 Å². The number of aliphatic hydroxyl groups excluding tert-OH is 1. The van der Waals surface area contributed by atoms with Gasteiger partial charge in [-0.2, -0.15) is 5.23 Å². The van der Waals surface area contributed by atoms with Crippen molar-refractivity contribution in [2.75, 3.05) is 0 Å². The molecule has 2 aromatic carbocycles. The first-order valence-corrected chi connectivity index (χ1v) is 10.1. The summed E-state index contributed by atoms with van der Waals surface area (Å²) in [6, 6.07) is 8.11. The maximum absolute atomic E-state index is 13.0. The smallest absolute Gasteiger partial charge is 0.264 e. The highest BCUT2D eigenvalue weighted by Gasteiger charge is 2.40. The number of nitrogens with one attached hydrogen (secondary N) is 1. The number of amides is 2. The molecule has 0 saturated carbocycles. The van der Waals surface area contributed by atoms with Gasteiger partial charge < -0.3 is 10.3 Å². The average Bonchev–Trinajstić information content (AvgIpc) is 3.18. The molecule has 1 unspecified atom stereocenters. The van der Waals surface area contributed by atoms with E-state index in [4.69, 9.17) is 5.21 Å². The number of carbonyl (C=O) groups excluding carboxylic acids is 3. The normalized spacial score (nSPS) is 16.5. The number of azo groups is 1. The number of allylic oxidation sites excluding steroid dienone is 1. The van der Waals surface area contributed by atoms with E-state index in [9.17, 15) is 24.7 Å². The first-order valence-electron chi connectivity index (χ1n) is 10.1. The van der Waals surface area contributed by atoms with Crippen LogP contribution in [0.3, 0.4) is 0 Å². The molecule has 1 aliphatic heterocycles. The zero-order valence-corrected chi connectivity index (χ0v) is 17.3. The zero-order chi connectivity index (χ0) is 23.2. The Kier molecular flexibility index (Phi) is 5.43. The lowest BCUT2D eigenvalue weighted by atomic mass is 10.1. The highest BCUT2D eigenvalue weighted by Crippen LogP contribution is 2.36. The molecule has 2 aliphatic rings. The predicted molar refractivity (Wildman–Crippen MR) is 112 cm³/mol. The van der Waals surface area contributed by atoms with Crippen molar-refractivity contribution in [2.24, 2.45) is 10.2 Å². The number of hydrogen-bond acceptors (Lipinski definition) is 8. The third kappa shape index (κ3) is 3.21. The predicted octanol–water partition coefficient (Wildman–Crippen LogP) is 3.08. The largest absolute Gasteiger partial charge is 0.595 e. The van der Waals surface area contributed by atoms with Crippen LogP contribution >= 0.6 is 0 Å². The highest BCUT2D eigenvalue weighted by atomic mass is 16.8. The van der Waals surface area contributed by atoms with Crippen LogP contribution in [0.15, 0.2) is 52.3 Å². The number of rotatable bonds is 6. The quantitative estimate of drug-likeness (QED) is 0.360. The van der Waals surface area contributed by atoms with E-state index in [2.05, 4.69) is 10.2 Å². The van der Waals surface area contributed by atoms with E-state index in [-0.39, 0.29) is 45.4 Å². The van der Waals surface area contributed by atoms with Crippen LogP contribution in [0.1, 0.15) is 63.3 Å². The van der Waals surface area contributed by atoms with Crippen LogP contribution in [0.4, 0.5) is 11.4 Å². The minimum atomic E-state index is -1.21. The molecule has 1 heterocycles. The van der Waals surface area contributed by atoms with Crippen LogP contribution in [-0.4, -0.2) is 38.9 Å². The Hall–Kier alpha value is -3.73. The van der Waals surface area contributed by atoms with E-state index in [1.807, 2.05) is 13.8 Å². The number of fused-ring (bicyclic) bond motifs is 2. The minimum absolute atomic E-state index is 0.000744. The Bertz CT molecular complexity index is 1210. The van der Waals surface area contributed by atoms with Gasteiger partial charge in [0.05, 0.1) is 16.8 Å². The number of ketones is 1. The van der Waals surface area contributed by atoms with Crippen molar-refractivity contribution in [3.63, 3.8) is 0 Å². The number of quaternary nitrogens is 1. The van der Waals surface area contributed by atoms with Crippen LogP contribution in [0.5, 0.6) is 0 Å². The van der Waals surface area contributed by atoms with Gasteiger partial charge in [-0.05, 0) is 31.0 Å². The number of imide groups is 1. The number of benzene rings is 2. The number of aliphatic hydroxyl groups is 1. The summed E-state index contributed by atoms with van der Waals surface area (Å²) in [4.78, 5) is 39.7. The number of nitrogens with zero attached hydrogens (tertiary/aromatic N) is 3. The molecule has 10 heteroatoms. The molecule has 0 fully saturated rings. The molecule has 32 heavy (non-hydrogen) atoms. The van der Waals surface area contributed by atoms with Crippen molar-refractivity contribution in [3.05, 3.63) is 69.6 Å². The SMILES string of the molecule is CCC(CC)N1C(=O)c2cccc(N=NC3=C(O)c4ccc([NH+]([O-])O)cc4C3=O)c2C1=O. The summed E-state index contributed by atoms with van der Waals surface area (Å²) in [5.74, 6) is -1.99. The lowest BCUT2D eigenvalue weighted by molar-refractivity contribution is -0.991. The summed E-state index contributed by atoms with van der Waals surface area (Å²) in [6.07, 6.45) is 1.23. The molecule has 3 N–H and O–H groups in total. The molecule has 0 saturated heterocycles. The monoisotopic (exact) mass is 436 g/mol. The van der Waals surface area contributed by atoms with Crippen LogP contribution in [0.2, 0.25) is 0 Å². The van der Waals surface area contributed by atoms with E-state index >= 15 is 0 Å². The van der Waals surface area contributed by atoms with Crippen LogP contribution in [-0.2, 0) is 0 Å². The maximum Gasteiger partial charge on any atom is 0.264 e. The van der Waals surface area contributed by atoms with Gasteiger partial charge in [-0.1, -0.05) is 19.9 Å². The maximum atomic E-state index is 13.0. The van der Waals surface area contributed by atoms with E-state index in [0.29, 0.717) is 12.8 Å². The van der Waals surface area contributed by atoms with Crippen molar-refractivity contribution in [3.8, 4) is 0 Å². The molecule has 2 amide bonds. The lowest BCUT2D eigenvalue weighted by Gasteiger charge is -2.23. The molecule has 2 aromatic rings. The van der Waals surface area contributed by atoms with Crippen molar-refractivity contribution in [1.82, 2.24) is 4.90 Å². The summed E-state index contributed by atoms with van der Waals surface area (Å²) in [6.45, 7) is 3.79. The number of carbonyl (C=O) groups is 3. The first-order chi connectivity index (χ1) is 15.3. The number of hydrogen-bond donors (Lipinski definition) is 3. The van der Waals surface area contributed by atoms with Crippen molar-refractivity contribution in [1.29, 1.82) is 0 Å². The molecular weight excluding hydrogens is 416 g/mol. The molecule has 1 atom stereocenters. The van der Waals surface area contributed by atoms with Crippen LogP contribution in [0, 0.1) is 5.21 Å². The molecule has 164 valence electrons. The summed E-state index contributed by atoms with van der Waals surface area (Å²) in [5, 5.41) is 37.4. The average molecular weight is 436 g/mol. The van der Waals surface area contributed by atoms with E-state index in [1.54, 1.807) is 6.07 Å². The lowest BCUT2D eigenvalue weighted by Crippen LogP contribution is -2.99. The summed E-state index contributed by atoms with van der Waals surface area (Å²) in [5.41, 5.74) is 0.0974. The summed E-state index contributed by atoms with van der Waals surface area (Å²) >= 11 is 0. The Morgan fingerprint density at radius 3 is 2.38 bits per heavy atom.